The van der Waals surface area contributed by atoms with Crippen molar-refractivity contribution in [3.05, 3.63) is 6.33 Å². The van der Waals surface area contributed by atoms with Gasteiger partial charge in [0.05, 0.1) is 25.4 Å². The topological polar surface area (TPSA) is 160 Å². The molecule has 0 saturated carbocycles. The Morgan fingerprint density at radius 1 is 1.38 bits per heavy atom. The summed E-state index contributed by atoms with van der Waals surface area (Å²) in [6, 6.07) is 0. The van der Waals surface area contributed by atoms with Crippen LogP contribution in [-0.4, -0.2) is 77.2 Å². The van der Waals surface area contributed by atoms with Crippen LogP contribution in [0, 0.1) is 0 Å². The maximum Gasteiger partial charge on any atom is 0.172 e. The molecule has 4 atom stereocenters. The van der Waals surface area contributed by atoms with Gasteiger partial charge < -0.3 is 30.9 Å². The van der Waals surface area contributed by atoms with Crippen LogP contribution in [0.3, 0.4) is 0 Å². The zero-order valence-electron chi connectivity index (χ0n) is 14.1. The summed E-state index contributed by atoms with van der Waals surface area (Å²) in [6.07, 6.45) is 0.129. The predicted molar refractivity (Wildman–Crippen MR) is 94.4 cm³/mol. The Bertz CT molecular complexity index is 745. The van der Waals surface area contributed by atoms with Crippen LogP contribution in [0.5, 0.6) is 0 Å². The number of rotatable bonds is 8. The van der Waals surface area contributed by atoms with Gasteiger partial charge in [0, 0.05) is 12.2 Å². The fraction of sp³-hybridized carbons (Fsp3) is 0.667. The van der Waals surface area contributed by atoms with E-state index in [1.54, 1.807) is 4.57 Å². The Morgan fingerprint density at radius 2 is 2.19 bits per heavy atom. The fourth-order valence-electron chi connectivity index (χ4n) is 2.88. The lowest BCUT2D eigenvalue weighted by atomic mass is 10.2. The number of anilines is 1. The van der Waals surface area contributed by atoms with Crippen LogP contribution in [-0.2, 0) is 4.74 Å². The number of hydrogen-bond acceptors (Lipinski definition) is 10. The van der Waals surface area contributed by atoms with Crippen molar-refractivity contribution in [1.82, 2.24) is 19.5 Å². The highest BCUT2D eigenvalue weighted by Gasteiger charge is 2.36. The molecule has 3 rings (SSSR count). The molecule has 0 radical (unpaired) electrons. The van der Waals surface area contributed by atoms with Crippen molar-refractivity contribution in [2.75, 3.05) is 24.7 Å². The second kappa shape index (κ2) is 8.46. The van der Waals surface area contributed by atoms with Gasteiger partial charge in [0.2, 0.25) is 0 Å². The molecule has 0 bridgehead atoms. The Hall–Kier alpha value is -1.50. The SMILES string of the molecule is Nc1ncnc2c1nc(SCCCC(O)CO)n2[C@H]1CC(O)[C@@H](CO)O1. The van der Waals surface area contributed by atoms with Gasteiger partial charge in [0.1, 0.15) is 18.7 Å². The van der Waals surface area contributed by atoms with Crippen LogP contribution >= 0.6 is 11.8 Å². The summed E-state index contributed by atoms with van der Waals surface area (Å²) in [5.41, 5.74) is 6.86. The quantitative estimate of drug-likeness (QED) is 0.290. The molecule has 0 aliphatic carbocycles. The van der Waals surface area contributed by atoms with Crippen LogP contribution in [0.15, 0.2) is 11.5 Å². The Morgan fingerprint density at radius 3 is 2.88 bits per heavy atom. The molecular formula is C15H23N5O5S. The molecule has 144 valence electrons. The number of fused-ring (bicyclic) bond motifs is 1. The third-order valence-electron chi connectivity index (χ3n) is 4.27. The highest BCUT2D eigenvalue weighted by Crippen LogP contribution is 2.36. The highest BCUT2D eigenvalue weighted by atomic mass is 32.2. The second-order valence-electron chi connectivity index (χ2n) is 6.14. The minimum atomic E-state index is -0.779. The van der Waals surface area contributed by atoms with Crippen molar-refractivity contribution in [2.24, 2.45) is 0 Å². The first-order valence-electron chi connectivity index (χ1n) is 8.39. The summed E-state index contributed by atoms with van der Waals surface area (Å²) in [7, 11) is 0. The summed E-state index contributed by atoms with van der Waals surface area (Å²) in [5, 5.41) is 38.3. The van der Waals surface area contributed by atoms with Gasteiger partial charge in [-0.25, -0.2) is 15.0 Å². The molecule has 10 nitrogen and oxygen atoms in total. The maximum absolute atomic E-state index is 10.0. The van der Waals surface area contributed by atoms with E-state index in [2.05, 4.69) is 15.0 Å². The number of nitrogens with two attached hydrogens (primary N) is 1. The third kappa shape index (κ3) is 3.92. The summed E-state index contributed by atoms with van der Waals surface area (Å²) in [5.74, 6) is 0.912. The average molecular weight is 385 g/mol. The number of thioether (sulfide) groups is 1. The summed E-state index contributed by atoms with van der Waals surface area (Å²) < 4.78 is 7.52. The molecule has 1 saturated heterocycles. The van der Waals surface area contributed by atoms with E-state index in [9.17, 15) is 15.3 Å². The molecule has 0 aromatic carbocycles. The average Bonchev–Trinajstić information content (AvgIpc) is 3.19. The molecule has 2 unspecified atom stereocenters. The third-order valence-corrected chi connectivity index (χ3v) is 5.31. The van der Waals surface area contributed by atoms with Gasteiger partial charge >= 0.3 is 0 Å². The fourth-order valence-corrected chi connectivity index (χ4v) is 3.87. The Kier molecular flexibility index (Phi) is 6.27. The largest absolute Gasteiger partial charge is 0.394 e. The number of ether oxygens (including phenoxy) is 1. The van der Waals surface area contributed by atoms with Crippen LogP contribution in [0.1, 0.15) is 25.5 Å². The van der Waals surface area contributed by atoms with E-state index in [4.69, 9.17) is 15.6 Å². The first-order valence-corrected chi connectivity index (χ1v) is 9.38. The smallest absolute Gasteiger partial charge is 0.172 e. The van der Waals surface area contributed by atoms with E-state index >= 15 is 0 Å². The number of aliphatic hydroxyl groups is 4. The van der Waals surface area contributed by atoms with E-state index in [0.29, 0.717) is 41.3 Å². The zero-order valence-corrected chi connectivity index (χ0v) is 14.9. The van der Waals surface area contributed by atoms with Gasteiger partial charge in [0.15, 0.2) is 22.1 Å². The molecule has 11 heteroatoms. The van der Waals surface area contributed by atoms with Gasteiger partial charge in [-0.05, 0) is 12.8 Å². The lowest BCUT2D eigenvalue weighted by Crippen LogP contribution is -2.24. The van der Waals surface area contributed by atoms with E-state index in [0.717, 1.165) is 0 Å². The molecule has 6 N–H and O–H groups in total. The van der Waals surface area contributed by atoms with Gasteiger partial charge in [-0.1, -0.05) is 11.8 Å². The van der Waals surface area contributed by atoms with Crippen molar-refractivity contribution >= 4 is 28.7 Å². The number of nitrogen functional groups attached to an aromatic ring is 1. The van der Waals surface area contributed by atoms with Crippen LogP contribution < -0.4 is 5.73 Å². The standard InChI is InChI=1S/C15H23N5O5S/c16-13-12-14(18-7-17-13)20(11-4-9(24)10(6-22)25-11)15(19-12)26-3-1-2-8(23)5-21/h7-11,21-24H,1-6H2,(H2,16,17,18)/t8?,9?,10-,11-/m1/s1. The van der Waals surface area contributed by atoms with E-state index in [-0.39, 0.29) is 19.0 Å². The number of imidazole rings is 1. The number of hydrogen-bond donors (Lipinski definition) is 5. The molecular weight excluding hydrogens is 362 g/mol. The molecule has 3 heterocycles. The molecule has 26 heavy (non-hydrogen) atoms. The summed E-state index contributed by atoms with van der Waals surface area (Å²) >= 11 is 1.44. The lowest BCUT2D eigenvalue weighted by Gasteiger charge is -2.16. The second-order valence-corrected chi connectivity index (χ2v) is 7.20. The van der Waals surface area contributed by atoms with Gasteiger partial charge in [-0.3, -0.25) is 4.57 Å². The van der Waals surface area contributed by atoms with Crippen molar-refractivity contribution in [3.8, 4) is 0 Å². The van der Waals surface area contributed by atoms with Crippen molar-refractivity contribution in [2.45, 2.75) is 49.0 Å². The summed E-state index contributed by atoms with van der Waals surface area (Å²) in [6.45, 7) is -0.533. The number of aromatic nitrogens is 4. The van der Waals surface area contributed by atoms with E-state index in [1.165, 1.54) is 18.1 Å². The Balaban J connectivity index is 1.84. The number of aliphatic hydroxyl groups excluding tert-OH is 4. The zero-order chi connectivity index (χ0) is 18.7. The molecule has 1 aliphatic rings. The van der Waals surface area contributed by atoms with E-state index in [1.807, 2.05) is 0 Å². The molecule has 2 aromatic heterocycles. The van der Waals surface area contributed by atoms with Gasteiger partial charge in [-0.15, -0.1) is 0 Å². The van der Waals surface area contributed by atoms with Crippen molar-refractivity contribution in [3.63, 3.8) is 0 Å². The van der Waals surface area contributed by atoms with Crippen molar-refractivity contribution < 1.29 is 25.2 Å². The lowest BCUT2D eigenvalue weighted by molar-refractivity contribution is -0.0457. The molecule has 1 aliphatic heterocycles. The normalized spacial score (nSPS) is 24.4. The highest BCUT2D eigenvalue weighted by molar-refractivity contribution is 7.99. The first kappa shape index (κ1) is 19.3. The molecule has 2 aromatic rings. The van der Waals surface area contributed by atoms with Gasteiger partial charge in [0.25, 0.3) is 0 Å². The van der Waals surface area contributed by atoms with Gasteiger partial charge in [-0.2, -0.15) is 0 Å². The van der Waals surface area contributed by atoms with E-state index < -0.39 is 24.5 Å². The Labute approximate surface area is 154 Å². The first-order chi connectivity index (χ1) is 12.5. The monoisotopic (exact) mass is 385 g/mol. The van der Waals surface area contributed by atoms with Crippen LogP contribution in [0.25, 0.3) is 11.2 Å². The predicted octanol–water partition coefficient (Wildman–Crippen LogP) is -0.725. The van der Waals surface area contributed by atoms with Crippen molar-refractivity contribution in [1.29, 1.82) is 0 Å². The number of nitrogens with zero attached hydrogens (tertiary/aromatic N) is 4. The molecule has 0 spiro atoms. The minimum absolute atomic E-state index is 0.253. The molecule has 0 amide bonds. The van der Waals surface area contributed by atoms with Crippen LogP contribution in [0.4, 0.5) is 5.82 Å². The maximum atomic E-state index is 10.0. The summed E-state index contributed by atoms with van der Waals surface area (Å²) in [4.78, 5) is 12.7. The minimum Gasteiger partial charge on any atom is -0.394 e. The molecule has 1 fully saturated rings. The van der Waals surface area contributed by atoms with Crippen LogP contribution in [0.2, 0.25) is 0 Å².